The summed E-state index contributed by atoms with van der Waals surface area (Å²) in [5.41, 5.74) is 2.47. The molecule has 0 aromatic heterocycles. The van der Waals surface area contributed by atoms with Crippen LogP contribution in [0.1, 0.15) is 25.8 Å². The number of aryl methyl sites for hydroxylation is 1. The molecule has 0 spiro atoms. The summed E-state index contributed by atoms with van der Waals surface area (Å²) in [6.45, 7) is 14.0. The Labute approximate surface area is 255 Å². The van der Waals surface area contributed by atoms with Crippen LogP contribution >= 0.6 is 0 Å². The Morgan fingerprint density at radius 3 is 1.98 bits per heavy atom. The lowest BCUT2D eigenvalue weighted by Crippen LogP contribution is -2.12. The molecule has 0 aliphatic rings. The molecule has 10 heteroatoms. The number of hydrogen-bond donors (Lipinski definition) is 0. The molecule has 0 unspecified atom stereocenters. The summed E-state index contributed by atoms with van der Waals surface area (Å²) < 4.78 is 32.2. The molecule has 10 nitrogen and oxygen atoms in total. The zero-order valence-electron chi connectivity index (χ0n) is 24.5. The molecular formula is C34H32O10. The Morgan fingerprint density at radius 2 is 1.34 bits per heavy atom. The zero-order chi connectivity index (χ0) is 32.1. The third-order valence-corrected chi connectivity index (χ3v) is 5.80. The minimum atomic E-state index is -0.748. The van der Waals surface area contributed by atoms with Crippen LogP contribution in [0.3, 0.4) is 0 Å². The first-order valence-electron chi connectivity index (χ1n) is 13.5. The van der Waals surface area contributed by atoms with Crippen LogP contribution in [0.4, 0.5) is 0 Å². The van der Waals surface area contributed by atoms with Crippen molar-refractivity contribution in [3.05, 3.63) is 104 Å². The van der Waals surface area contributed by atoms with Gasteiger partial charge < -0.3 is 28.4 Å². The molecule has 0 fully saturated rings. The van der Waals surface area contributed by atoms with Crippen molar-refractivity contribution in [2.45, 2.75) is 26.7 Å². The van der Waals surface area contributed by atoms with Gasteiger partial charge in [-0.15, -0.1) is 0 Å². The molecular weight excluding hydrogens is 568 g/mol. The van der Waals surface area contributed by atoms with E-state index < -0.39 is 23.9 Å². The largest absolute Gasteiger partial charge is 0.464 e. The summed E-state index contributed by atoms with van der Waals surface area (Å²) in [4.78, 5) is 48.0. The van der Waals surface area contributed by atoms with Gasteiger partial charge >= 0.3 is 23.9 Å². The standard InChI is InChI=1S/C34H32O10/c1-6-31(35)42-28-16-9-23(19-30(28)44-32(36)7-2)10-18-33(37)43-27-17-13-25(20-29(27)40-21-39-8-3)24-11-14-26(15-12-24)41-34(38)22(4)5/h6-7,9,11-17,19-20H,1-2,4,8,10,18,21H2,3,5H3. The molecule has 0 amide bonds. The van der Waals surface area contributed by atoms with E-state index in [0.29, 0.717) is 23.5 Å². The minimum absolute atomic E-state index is 0.00937. The summed E-state index contributed by atoms with van der Waals surface area (Å²) in [7, 11) is 0. The lowest BCUT2D eigenvalue weighted by atomic mass is 10.0. The third kappa shape index (κ3) is 9.81. The van der Waals surface area contributed by atoms with E-state index in [1.54, 1.807) is 55.5 Å². The van der Waals surface area contributed by atoms with Crippen molar-refractivity contribution in [2.75, 3.05) is 13.4 Å². The van der Waals surface area contributed by atoms with Crippen molar-refractivity contribution >= 4 is 23.9 Å². The van der Waals surface area contributed by atoms with Crippen LogP contribution in [-0.2, 0) is 30.3 Å². The highest BCUT2D eigenvalue weighted by Crippen LogP contribution is 2.34. The molecule has 3 aromatic rings. The summed E-state index contributed by atoms with van der Waals surface area (Å²) in [6, 6.07) is 16.5. The van der Waals surface area contributed by atoms with E-state index in [9.17, 15) is 19.2 Å². The predicted molar refractivity (Wildman–Crippen MR) is 162 cm³/mol. The highest BCUT2D eigenvalue weighted by Gasteiger charge is 2.16. The van der Waals surface area contributed by atoms with Gasteiger partial charge in [-0.3, -0.25) is 4.79 Å². The molecule has 0 bridgehead atoms. The Morgan fingerprint density at radius 1 is 0.727 bits per heavy atom. The maximum Gasteiger partial charge on any atom is 0.338 e. The second-order valence-electron chi connectivity index (χ2n) is 9.12. The predicted octanol–water partition coefficient (Wildman–Crippen LogP) is 5.93. The molecule has 0 atom stereocenters. The Bertz CT molecular complexity index is 1550. The average molecular weight is 601 g/mol. The van der Waals surface area contributed by atoms with Gasteiger partial charge in [-0.05, 0) is 73.4 Å². The monoisotopic (exact) mass is 600 g/mol. The lowest BCUT2D eigenvalue weighted by Gasteiger charge is -2.14. The number of hydrogen-bond acceptors (Lipinski definition) is 10. The number of carbonyl (C=O) groups is 4. The van der Waals surface area contributed by atoms with E-state index in [2.05, 4.69) is 19.7 Å². The van der Waals surface area contributed by atoms with Gasteiger partial charge in [0.05, 0.1) is 0 Å². The normalized spacial score (nSPS) is 10.2. The van der Waals surface area contributed by atoms with Gasteiger partial charge in [0.25, 0.3) is 0 Å². The number of esters is 4. The second kappa shape index (κ2) is 16.2. The molecule has 3 aromatic carbocycles. The molecule has 0 aliphatic heterocycles. The van der Waals surface area contributed by atoms with Crippen molar-refractivity contribution in [1.29, 1.82) is 0 Å². The van der Waals surface area contributed by atoms with Crippen LogP contribution in [0.2, 0.25) is 0 Å². The first kappa shape index (κ1) is 33.0. The molecule has 3 rings (SSSR count). The van der Waals surface area contributed by atoms with Crippen molar-refractivity contribution in [2.24, 2.45) is 0 Å². The Balaban J connectivity index is 1.74. The van der Waals surface area contributed by atoms with Crippen LogP contribution in [0.25, 0.3) is 11.1 Å². The molecule has 0 N–H and O–H groups in total. The molecule has 44 heavy (non-hydrogen) atoms. The Hall–Kier alpha value is -5.48. The fourth-order valence-electron chi connectivity index (χ4n) is 3.58. The maximum atomic E-state index is 12.8. The number of benzene rings is 3. The summed E-state index contributed by atoms with van der Waals surface area (Å²) >= 11 is 0. The lowest BCUT2D eigenvalue weighted by molar-refractivity contribution is -0.134. The SMILES string of the molecule is C=CC(=O)Oc1ccc(CCC(=O)Oc2ccc(-c3ccc(OC(=O)C(=C)C)cc3)cc2OCOCC)cc1OC(=O)C=C. The van der Waals surface area contributed by atoms with Gasteiger partial charge in [-0.1, -0.05) is 44.0 Å². The van der Waals surface area contributed by atoms with Gasteiger partial charge in [0, 0.05) is 30.8 Å². The smallest absolute Gasteiger partial charge is 0.338 e. The van der Waals surface area contributed by atoms with E-state index in [1.165, 1.54) is 12.1 Å². The number of carbonyl (C=O) groups excluding carboxylic acids is 4. The first-order chi connectivity index (χ1) is 21.1. The summed E-state index contributed by atoms with van der Waals surface area (Å²) in [5, 5.41) is 0. The van der Waals surface area contributed by atoms with Crippen LogP contribution in [0.15, 0.2) is 98.1 Å². The van der Waals surface area contributed by atoms with Crippen LogP contribution in [0, 0.1) is 0 Å². The van der Waals surface area contributed by atoms with Gasteiger partial charge in [0.1, 0.15) is 5.75 Å². The average Bonchev–Trinajstić information content (AvgIpc) is 3.02. The van der Waals surface area contributed by atoms with Gasteiger partial charge in [-0.25, -0.2) is 14.4 Å². The zero-order valence-corrected chi connectivity index (χ0v) is 24.5. The van der Waals surface area contributed by atoms with Crippen molar-refractivity contribution < 1.29 is 47.6 Å². The quantitative estimate of drug-likeness (QED) is 0.0682. The van der Waals surface area contributed by atoms with E-state index in [0.717, 1.165) is 23.3 Å². The van der Waals surface area contributed by atoms with Crippen molar-refractivity contribution in [3.63, 3.8) is 0 Å². The Kier molecular flexibility index (Phi) is 12.2. The maximum absolute atomic E-state index is 12.8. The van der Waals surface area contributed by atoms with E-state index in [4.69, 9.17) is 28.4 Å². The van der Waals surface area contributed by atoms with Crippen molar-refractivity contribution in [3.8, 4) is 39.9 Å². The molecule has 0 aliphatic carbocycles. The minimum Gasteiger partial charge on any atom is -0.464 e. The van der Waals surface area contributed by atoms with Crippen molar-refractivity contribution in [1.82, 2.24) is 0 Å². The van der Waals surface area contributed by atoms with Crippen LogP contribution in [-0.4, -0.2) is 37.3 Å². The van der Waals surface area contributed by atoms with E-state index in [-0.39, 0.29) is 42.6 Å². The van der Waals surface area contributed by atoms with Crippen LogP contribution in [0.5, 0.6) is 28.7 Å². The first-order valence-corrected chi connectivity index (χ1v) is 13.5. The molecule has 0 radical (unpaired) electrons. The molecule has 0 heterocycles. The topological polar surface area (TPSA) is 124 Å². The summed E-state index contributed by atoms with van der Waals surface area (Å²) in [5.74, 6) is -1.69. The summed E-state index contributed by atoms with van der Waals surface area (Å²) in [6.07, 6.45) is 2.14. The molecule has 0 saturated heterocycles. The van der Waals surface area contributed by atoms with Gasteiger partial charge in [0.2, 0.25) is 0 Å². The number of rotatable bonds is 15. The third-order valence-electron chi connectivity index (χ3n) is 5.80. The fourth-order valence-corrected chi connectivity index (χ4v) is 3.58. The molecule has 0 saturated carbocycles. The van der Waals surface area contributed by atoms with E-state index >= 15 is 0 Å². The van der Waals surface area contributed by atoms with Gasteiger partial charge in [-0.2, -0.15) is 0 Å². The van der Waals surface area contributed by atoms with E-state index in [1.807, 2.05) is 6.92 Å². The fraction of sp³-hybridized carbons (Fsp3) is 0.176. The second-order valence-corrected chi connectivity index (χ2v) is 9.12. The highest BCUT2D eigenvalue weighted by atomic mass is 16.7. The highest BCUT2D eigenvalue weighted by molar-refractivity contribution is 5.89. The van der Waals surface area contributed by atoms with Crippen LogP contribution < -0.4 is 23.7 Å². The molecule has 228 valence electrons. The number of ether oxygens (including phenoxy) is 6. The van der Waals surface area contributed by atoms with Gasteiger partial charge in [0.15, 0.2) is 29.8 Å².